The average molecular weight is 301 g/mol. The molecule has 0 aromatic heterocycles. The topological polar surface area (TPSA) is 0 Å². The van der Waals surface area contributed by atoms with E-state index in [0.29, 0.717) is 11.4 Å². The standard InChI is InChI=1S/C15H12Cl2F2/c1-9-6-15(19)12(8-14(9)18)13(17)7-10-2-4-11(16)5-3-10/h2-6,8,13H,7H2,1H3. The van der Waals surface area contributed by atoms with Crippen molar-refractivity contribution in [3.63, 3.8) is 0 Å². The molecule has 0 radical (unpaired) electrons. The molecule has 0 heterocycles. The number of alkyl halides is 1. The third-order valence-electron chi connectivity index (χ3n) is 2.94. The number of hydrogen-bond acceptors (Lipinski definition) is 0. The summed E-state index contributed by atoms with van der Waals surface area (Å²) in [6.45, 7) is 1.52. The van der Waals surface area contributed by atoms with Gasteiger partial charge in [-0.2, -0.15) is 0 Å². The van der Waals surface area contributed by atoms with Crippen LogP contribution in [0.3, 0.4) is 0 Å². The van der Waals surface area contributed by atoms with Crippen molar-refractivity contribution in [3.05, 3.63) is 69.7 Å². The molecule has 0 aliphatic heterocycles. The molecule has 0 aliphatic rings. The zero-order chi connectivity index (χ0) is 14.0. The Labute approximate surface area is 121 Å². The second-order valence-electron chi connectivity index (χ2n) is 4.42. The monoisotopic (exact) mass is 300 g/mol. The first-order valence-corrected chi connectivity index (χ1v) is 6.63. The molecule has 19 heavy (non-hydrogen) atoms. The van der Waals surface area contributed by atoms with Crippen molar-refractivity contribution in [2.24, 2.45) is 0 Å². The lowest BCUT2D eigenvalue weighted by atomic mass is 10.0. The van der Waals surface area contributed by atoms with Crippen LogP contribution in [0.1, 0.15) is 22.1 Å². The maximum Gasteiger partial charge on any atom is 0.128 e. The Kier molecular flexibility index (Phi) is 4.43. The summed E-state index contributed by atoms with van der Waals surface area (Å²) in [5.74, 6) is -0.925. The second kappa shape index (κ2) is 5.89. The molecule has 0 saturated carbocycles. The Morgan fingerprint density at radius 1 is 1.05 bits per heavy atom. The van der Waals surface area contributed by atoms with Crippen molar-refractivity contribution in [2.45, 2.75) is 18.7 Å². The van der Waals surface area contributed by atoms with Gasteiger partial charge in [0.15, 0.2) is 0 Å². The molecule has 0 aliphatic carbocycles. The molecule has 0 fully saturated rings. The van der Waals surface area contributed by atoms with Crippen LogP contribution in [0.2, 0.25) is 5.02 Å². The average Bonchev–Trinajstić information content (AvgIpc) is 2.36. The normalized spacial score (nSPS) is 12.5. The van der Waals surface area contributed by atoms with Gasteiger partial charge in [-0.15, -0.1) is 11.6 Å². The van der Waals surface area contributed by atoms with Crippen LogP contribution in [0.15, 0.2) is 36.4 Å². The van der Waals surface area contributed by atoms with Crippen molar-refractivity contribution in [1.82, 2.24) is 0 Å². The summed E-state index contributed by atoms with van der Waals surface area (Å²) in [5, 5.41) is 0.0127. The lowest BCUT2D eigenvalue weighted by Crippen LogP contribution is -2.01. The van der Waals surface area contributed by atoms with Crippen molar-refractivity contribution in [1.29, 1.82) is 0 Å². The zero-order valence-corrected chi connectivity index (χ0v) is 11.8. The highest BCUT2D eigenvalue weighted by Gasteiger charge is 2.16. The number of aryl methyl sites for hydroxylation is 1. The largest absolute Gasteiger partial charge is 0.207 e. The summed E-state index contributed by atoms with van der Waals surface area (Å²) < 4.78 is 27.2. The molecule has 2 aromatic rings. The fourth-order valence-electron chi connectivity index (χ4n) is 1.84. The van der Waals surface area contributed by atoms with Crippen LogP contribution in [0.25, 0.3) is 0 Å². The van der Waals surface area contributed by atoms with Gasteiger partial charge in [0.1, 0.15) is 11.6 Å². The molecular weight excluding hydrogens is 289 g/mol. The van der Waals surface area contributed by atoms with E-state index >= 15 is 0 Å². The Morgan fingerprint density at radius 2 is 1.68 bits per heavy atom. The molecule has 0 bridgehead atoms. The van der Waals surface area contributed by atoms with E-state index in [1.54, 1.807) is 12.1 Å². The minimum Gasteiger partial charge on any atom is -0.207 e. The minimum absolute atomic E-state index is 0.180. The molecule has 0 N–H and O–H groups in total. The fraction of sp³-hybridized carbons (Fsp3) is 0.200. The van der Waals surface area contributed by atoms with Crippen molar-refractivity contribution >= 4 is 23.2 Å². The first-order chi connectivity index (χ1) is 8.97. The zero-order valence-electron chi connectivity index (χ0n) is 10.3. The Hall–Kier alpha value is -1.12. The fourth-order valence-corrected chi connectivity index (χ4v) is 2.31. The van der Waals surface area contributed by atoms with Gasteiger partial charge in [-0.1, -0.05) is 23.7 Å². The number of rotatable bonds is 3. The Bertz CT molecular complexity index is 579. The predicted octanol–water partition coefficient (Wildman–Crippen LogP) is 5.45. The van der Waals surface area contributed by atoms with Gasteiger partial charge in [0.05, 0.1) is 5.38 Å². The van der Waals surface area contributed by atoms with E-state index in [1.807, 2.05) is 12.1 Å². The Morgan fingerprint density at radius 3 is 2.32 bits per heavy atom. The van der Waals surface area contributed by atoms with Crippen LogP contribution in [0, 0.1) is 18.6 Å². The number of halogens is 4. The summed E-state index contributed by atoms with van der Waals surface area (Å²) in [5.41, 5.74) is 1.38. The van der Waals surface area contributed by atoms with Crippen LogP contribution in [-0.2, 0) is 6.42 Å². The van der Waals surface area contributed by atoms with E-state index in [0.717, 1.165) is 11.6 Å². The van der Waals surface area contributed by atoms with E-state index in [4.69, 9.17) is 23.2 Å². The third kappa shape index (κ3) is 3.46. The summed E-state index contributed by atoms with van der Waals surface area (Å²) in [7, 11) is 0. The molecule has 0 amide bonds. The second-order valence-corrected chi connectivity index (χ2v) is 5.38. The number of hydrogen-bond donors (Lipinski definition) is 0. The van der Waals surface area contributed by atoms with Gasteiger partial charge < -0.3 is 0 Å². The Balaban J connectivity index is 2.22. The summed E-state index contributed by atoms with van der Waals surface area (Å²) in [6, 6.07) is 9.46. The highest BCUT2D eigenvalue weighted by molar-refractivity contribution is 6.30. The van der Waals surface area contributed by atoms with E-state index in [2.05, 4.69) is 0 Å². The molecule has 1 unspecified atom stereocenters. The molecule has 1 atom stereocenters. The van der Waals surface area contributed by atoms with Crippen molar-refractivity contribution in [2.75, 3.05) is 0 Å². The summed E-state index contributed by atoms with van der Waals surface area (Å²) in [4.78, 5) is 0. The van der Waals surface area contributed by atoms with E-state index < -0.39 is 17.0 Å². The van der Waals surface area contributed by atoms with Crippen LogP contribution in [-0.4, -0.2) is 0 Å². The summed E-state index contributed by atoms with van der Waals surface area (Å²) in [6.07, 6.45) is 0.415. The molecule has 100 valence electrons. The first-order valence-electron chi connectivity index (χ1n) is 5.81. The first kappa shape index (κ1) is 14.3. The quantitative estimate of drug-likeness (QED) is 0.661. The van der Waals surface area contributed by atoms with Gasteiger partial charge in [-0.3, -0.25) is 0 Å². The van der Waals surface area contributed by atoms with E-state index in [1.165, 1.54) is 13.0 Å². The maximum absolute atomic E-state index is 13.8. The number of benzene rings is 2. The highest BCUT2D eigenvalue weighted by Crippen LogP contribution is 2.29. The lowest BCUT2D eigenvalue weighted by Gasteiger charge is -2.12. The van der Waals surface area contributed by atoms with E-state index in [9.17, 15) is 8.78 Å². The molecule has 2 aromatic carbocycles. The van der Waals surface area contributed by atoms with Crippen LogP contribution >= 0.6 is 23.2 Å². The maximum atomic E-state index is 13.8. The molecular formula is C15H12Cl2F2. The van der Waals surface area contributed by atoms with Gasteiger partial charge >= 0.3 is 0 Å². The van der Waals surface area contributed by atoms with Gasteiger partial charge in [-0.25, -0.2) is 8.78 Å². The van der Waals surface area contributed by atoms with Gasteiger partial charge in [0, 0.05) is 10.6 Å². The van der Waals surface area contributed by atoms with Gasteiger partial charge in [0.25, 0.3) is 0 Å². The van der Waals surface area contributed by atoms with Crippen LogP contribution in [0.5, 0.6) is 0 Å². The SMILES string of the molecule is Cc1cc(F)c(C(Cl)Cc2ccc(Cl)cc2)cc1F. The van der Waals surface area contributed by atoms with Crippen molar-refractivity contribution < 1.29 is 8.78 Å². The van der Waals surface area contributed by atoms with Crippen LogP contribution in [0.4, 0.5) is 8.78 Å². The van der Waals surface area contributed by atoms with Gasteiger partial charge in [0.2, 0.25) is 0 Å². The third-order valence-corrected chi connectivity index (χ3v) is 3.58. The predicted molar refractivity (Wildman–Crippen MR) is 74.8 cm³/mol. The lowest BCUT2D eigenvalue weighted by molar-refractivity contribution is 0.575. The van der Waals surface area contributed by atoms with Crippen LogP contribution < -0.4 is 0 Å². The summed E-state index contributed by atoms with van der Waals surface area (Å²) >= 11 is 12.0. The van der Waals surface area contributed by atoms with Crippen molar-refractivity contribution in [3.8, 4) is 0 Å². The van der Waals surface area contributed by atoms with Gasteiger partial charge in [-0.05, 0) is 48.7 Å². The molecule has 0 spiro atoms. The van der Waals surface area contributed by atoms with E-state index in [-0.39, 0.29) is 11.1 Å². The molecule has 0 nitrogen and oxygen atoms in total. The molecule has 4 heteroatoms. The highest BCUT2D eigenvalue weighted by atomic mass is 35.5. The smallest absolute Gasteiger partial charge is 0.128 e. The minimum atomic E-state index is -0.615. The molecule has 2 rings (SSSR count). The molecule has 0 saturated heterocycles.